The summed E-state index contributed by atoms with van der Waals surface area (Å²) >= 11 is 0. The molecule has 0 aromatic rings. The minimum Gasteiger partial charge on any atom is -0.401 e. The number of rotatable bonds is 1. The van der Waals surface area contributed by atoms with Crippen LogP contribution in [0.1, 0.15) is 20.8 Å². The van der Waals surface area contributed by atoms with E-state index in [2.05, 4.69) is 4.99 Å². The number of nitrogens with two attached hydrogens (primary N) is 1. The zero-order valence-electron chi connectivity index (χ0n) is 5.60. The summed E-state index contributed by atoms with van der Waals surface area (Å²) in [6.45, 7) is 5.67. The average molecular weight is 112 g/mol. The molecule has 0 aromatic carbocycles. The Balaban J connectivity index is 3.76. The van der Waals surface area contributed by atoms with Gasteiger partial charge < -0.3 is 5.73 Å². The van der Waals surface area contributed by atoms with Gasteiger partial charge in [0.2, 0.25) is 0 Å². The van der Waals surface area contributed by atoms with Crippen LogP contribution in [0.3, 0.4) is 0 Å². The van der Waals surface area contributed by atoms with Crippen LogP contribution in [0.25, 0.3) is 0 Å². The van der Waals surface area contributed by atoms with E-state index in [0.29, 0.717) is 0 Å². The van der Waals surface area contributed by atoms with Gasteiger partial charge in [-0.25, -0.2) is 0 Å². The van der Waals surface area contributed by atoms with Crippen molar-refractivity contribution >= 4 is 5.71 Å². The largest absolute Gasteiger partial charge is 0.401 e. The molecule has 0 heterocycles. The molecule has 0 rings (SSSR count). The highest BCUT2D eigenvalue weighted by atomic mass is 14.7. The van der Waals surface area contributed by atoms with Gasteiger partial charge in [-0.1, -0.05) is 0 Å². The zero-order chi connectivity index (χ0) is 6.57. The Labute approximate surface area is 50.1 Å². The molecule has 0 spiro atoms. The summed E-state index contributed by atoms with van der Waals surface area (Å²) in [7, 11) is 0. The predicted molar refractivity (Wildman–Crippen MR) is 36.7 cm³/mol. The normalized spacial score (nSPS) is 11.1. The Kier molecular flexibility index (Phi) is 2.92. The SMILES string of the molecule is CC(C)=N/C=C(/C)N. The van der Waals surface area contributed by atoms with Crippen molar-refractivity contribution in [3.05, 3.63) is 11.9 Å². The molecule has 0 aliphatic carbocycles. The van der Waals surface area contributed by atoms with E-state index in [1.54, 1.807) is 6.20 Å². The number of hydrogen-bond donors (Lipinski definition) is 1. The Morgan fingerprint density at radius 1 is 1.38 bits per heavy atom. The van der Waals surface area contributed by atoms with Gasteiger partial charge in [0.05, 0.1) is 0 Å². The smallest absolute Gasteiger partial charge is 0.0451 e. The third-order valence-corrected chi connectivity index (χ3v) is 0.526. The van der Waals surface area contributed by atoms with Crippen LogP contribution in [0, 0.1) is 0 Å². The molecule has 0 aromatic heterocycles. The van der Waals surface area contributed by atoms with Crippen molar-refractivity contribution in [3.63, 3.8) is 0 Å². The Morgan fingerprint density at radius 3 is 2.00 bits per heavy atom. The van der Waals surface area contributed by atoms with Crippen LogP contribution in [0.4, 0.5) is 0 Å². The maximum absolute atomic E-state index is 5.29. The fourth-order valence-electron chi connectivity index (χ4n) is 0.231. The monoisotopic (exact) mass is 112 g/mol. The lowest BCUT2D eigenvalue weighted by Gasteiger charge is -1.84. The van der Waals surface area contributed by atoms with Gasteiger partial charge in [-0.2, -0.15) is 0 Å². The summed E-state index contributed by atoms with van der Waals surface area (Å²) in [5.41, 5.74) is 7.06. The van der Waals surface area contributed by atoms with Crippen molar-refractivity contribution in [1.82, 2.24) is 0 Å². The van der Waals surface area contributed by atoms with E-state index in [0.717, 1.165) is 11.4 Å². The van der Waals surface area contributed by atoms with Gasteiger partial charge in [-0.3, -0.25) is 4.99 Å². The second-order valence-corrected chi connectivity index (χ2v) is 1.95. The molecule has 46 valence electrons. The van der Waals surface area contributed by atoms with Gasteiger partial charge >= 0.3 is 0 Å². The summed E-state index contributed by atoms with van der Waals surface area (Å²) in [6, 6.07) is 0. The van der Waals surface area contributed by atoms with Crippen LogP contribution < -0.4 is 5.73 Å². The molecule has 0 saturated carbocycles. The Bertz CT molecular complexity index is 98.5. The maximum atomic E-state index is 5.29. The number of aliphatic imine (C=N–C) groups is 1. The number of hydrogen-bond acceptors (Lipinski definition) is 2. The van der Waals surface area contributed by atoms with Gasteiger partial charge in [-0.15, -0.1) is 0 Å². The minimum absolute atomic E-state index is 0.742. The van der Waals surface area contributed by atoms with Crippen molar-refractivity contribution < 1.29 is 0 Å². The van der Waals surface area contributed by atoms with Crippen LogP contribution in [0.15, 0.2) is 16.9 Å². The zero-order valence-corrected chi connectivity index (χ0v) is 5.60. The second kappa shape index (κ2) is 3.24. The molecular weight excluding hydrogens is 100 g/mol. The number of allylic oxidation sites excluding steroid dienone is 1. The van der Waals surface area contributed by atoms with Crippen LogP contribution in [0.5, 0.6) is 0 Å². The molecular formula is C6H12N2. The van der Waals surface area contributed by atoms with Crippen LogP contribution in [0.2, 0.25) is 0 Å². The third kappa shape index (κ3) is 5.21. The predicted octanol–water partition coefficient (Wildman–Crippen LogP) is 1.29. The van der Waals surface area contributed by atoms with E-state index in [9.17, 15) is 0 Å². The van der Waals surface area contributed by atoms with E-state index >= 15 is 0 Å². The first-order chi connectivity index (χ1) is 3.63. The Hall–Kier alpha value is -0.790. The lowest BCUT2D eigenvalue weighted by Crippen LogP contribution is -1.89. The molecule has 0 unspecified atom stereocenters. The maximum Gasteiger partial charge on any atom is 0.0451 e. The summed E-state index contributed by atoms with van der Waals surface area (Å²) in [6.07, 6.45) is 1.65. The fourth-order valence-corrected chi connectivity index (χ4v) is 0.231. The standard InChI is InChI=1S/C6H12N2/c1-5(2)8-4-6(3)7/h4H,7H2,1-3H3/b6-4-. The fraction of sp³-hybridized carbons (Fsp3) is 0.500. The number of nitrogens with zero attached hydrogens (tertiary/aromatic N) is 1. The van der Waals surface area contributed by atoms with E-state index in [1.165, 1.54) is 0 Å². The molecule has 0 saturated heterocycles. The quantitative estimate of drug-likeness (QED) is 0.510. The topological polar surface area (TPSA) is 38.4 Å². The molecule has 0 aliphatic rings. The van der Waals surface area contributed by atoms with E-state index in [4.69, 9.17) is 5.73 Å². The summed E-state index contributed by atoms with van der Waals surface area (Å²) in [4.78, 5) is 3.95. The third-order valence-electron chi connectivity index (χ3n) is 0.526. The molecule has 0 aliphatic heterocycles. The van der Waals surface area contributed by atoms with Gasteiger partial charge in [0.1, 0.15) is 0 Å². The molecule has 0 radical (unpaired) electrons. The molecule has 2 heteroatoms. The minimum atomic E-state index is 0.742. The summed E-state index contributed by atoms with van der Waals surface area (Å²) < 4.78 is 0. The first-order valence-corrected chi connectivity index (χ1v) is 2.56. The van der Waals surface area contributed by atoms with Gasteiger partial charge in [-0.05, 0) is 20.8 Å². The Morgan fingerprint density at radius 2 is 1.88 bits per heavy atom. The van der Waals surface area contributed by atoms with Crippen molar-refractivity contribution in [3.8, 4) is 0 Å². The highest BCUT2D eigenvalue weighted by Gasteiger charge is 1.73. The van der Waals surface area contributed by atoms with Crippen molar-refractivity contribution in [2.24, 2.45) is 10.7 Å². The molecule has 2 nitrogen and oxygen atoms in total. The highest BCUT2D eigenvalue weighted by molar-refractivity contribution is 5.79. The lowest BCUT2D eigenvalue weighted by atomic mass is 10.5. The highest BCUT2D eigenvalue weighted by Crippen LogP contribution is 1.81. The second-order valence-electron chi connectivity index (χ2n) is 1.95. The van der Waals surface area contributed by atoms with E-state index in [1.807, 2.05) is 20.8 Å². The van der Waals surface area contributed by atoms with E-state index < -0.39 is 0 Å². The van der Waals surface area contributed by atoms with Crippen LogP contribution >= 0.6 is 0 Å². The molecule has 8 heavy (non-hydrogen) atoms. The first-order valence-electron chi connectivity index (χ1n) is 2.56. The van der Waals surface area contributed by atoms with Crippen LogP contribution in [-0.4, -0.2) is 5.71 Å². The van der Waals surface area contributed by atoms with Crippen molar-refractivity contribution in [1.29, 1.82) is 0 Å². The van der Waals surface area contributed by atoms with E-state index in [-0.39, 0.29) is 0 Å². The van der Waals surface area contributed by atoms with Gasteiger partial charge in [0, 0.05) is 17.6 Å². The van der Waals surface area contributed by atoms with Gasteiger partial charge in [0.15, 0.2) is 0 Å². The first kappa shape index (κ1) is 7.21. The average Bonchev–Trinajstić information content (AvgIpc) is 1.61. The molecule has 2 N–H and O–H groups in total. The molecule has 0 fully saturated rings. The van der Waals surface area contributed by atoms with Crippen molar-refractivity contribution in [2.45, 2.75) is 20.8 Å². The molecule has 0 amide bonds. The molecule has 0 atom stereocenters. The lowest BCUT2D eigenvalue weighted by molar-refractivity contribution is 1.27. The van der Waals surface area contributed by atoms with Crippen LogP contribution in [-0.2, 0) is 0 Å². The summed E-state index contributed by atoms with van der Waals surface area (Å²) in [5, 5.41) is 0. The van der Waals surface area contributed by atoms with Crippen molar-refractivity contribution in [2.75, 3.05) is 0 Å². The van der Waals surface area contributed by atoms with Gasteiger partial charge in [0.25, 0.3) is 0 Å². The summed E-state index contributed by atoms with van der Waals surface area (Å²) in [5.74, 6) is 0. The molecule has 0 bridgehead atoms.